The highest BCUT2D eigenvalue weighted by molar-refractivity contribution is 9.10. The quantitative estimate of drug-likeness (QED) is 0.561. The van der Waals surface area contributed by atoms with Gasteiger partial charge in [0.2, 0.25) is 5.91 Å². The van der Waals surface area contributed by atoms with Crippen LogP contribution in [0.4, 0.5) is 0 Å². The Morgan fingerprint density at radius 3 is 2.38 bits per heavy atom. The van der Waals surface area contributed by atoms with E-state index in [0.29, 0.717) is 17.5 Å². The third kappa shape index (κ3) is 3.72. The van der Waals surface area contributed by atoms with Gasteiger partial charge in [0.25, 0.3) is 0 Å². The van der Waals surface area contributed by atoms with Gasteiger partial charge in [-0.3, -0.25) is 25.2 Å². The van der Waals surface area contributed by atoms with Crippen LogP contribution in [0.3, 0.4) is 0 Å². The average molecular weight is 357 g/mol. The van der Waals surface area contributed by atoms with Crippen LogP contribution in [-0.4, -0.2) is 22.9 Å². The second kappa shape index (κ2) is 6.57. The van der Waals surface area contributed by atoms with Crippen molar-refractivity contribution in [1.82, 2.24) is 10.9 Å². The Balaban J connectivity index is 1.93. The number of carboxylic acids is 1. The minimum atomic E-state index is -1.03. The molecule has 0 aliphatic heterocycles. The smallest absolute Gasteiger partial charge is 0.307 e. The zero-order chi connectivity index (χ0) is 15.4. The maximum Gasteiger partial charge on any atom is 0.307 e. The Morgan fingerprint density at radius 2 is 1.81 bits per heavy atom. The SMILES string of the molecule is O=C(NNC(=O)[C@@H]1CC=CC[C@H]1C(=O)O)c1ccc(Br)o1. The molecule has 2 amide bonds. The van der Waals surface area contributed by atoms with E-state index < -0.39 is 29.6 Å². The lowest BCUT2D eigenvalue weighted by atomic mass is 9.82. The van der Waals surface area contributed by atoms with Crippen molar-refractivity contribution in [1.29, 1.82) is 0 Å². The first-order valence-corrected chi connectivity index (χ1v) is 7.01. The summed E-state index contributed by atoms with van der Waals surface area (Å²) < 4.78 is 5.42. The molecule has 8 heteroatoms. The van der Waals surface area contributed by atoms with Crippen molar-refractivity contribution in [2.24, 2.45) is 11.8 Å². The molecular formula is C13H13BrN2O5. The number of halogens is 1. The number of hydrogen-bond acceptors (Lipinski definition) is 4. The fourth-order valence-corrected chi connectivity index (χ4v) is 2.39. The van der Waals surface area contributed by atoms with Gasteiger partial charge in [0, 0.05) is 0 Å². The number of aliphatic carboxylic acids is 1. The number of allylic oxidation sites excluding steroid dienone is 2. The predicted octanol–water partition coefficient (Wildman–Crippen LogP) is 1.47. The van der Waals surface area contributed by atoms with E-state index in [2.05, 4.69) is 26.8 Å². The summed E-state index contributed by atoms with van der Waals surface area (Å²) in [4.78, 5) is 34.8. The Labute approximate surface area is 128 Å². The fraction of sp³-hybridized carbons (Fsp3) is 0.308. The largest absolute Gasteiger partial charge is 0.481 e. The molecular weight excluding hydrogens is 344 g/mol. The Morgan fingerprint density at radius 1 is 1.14 bits per heavy atom. The van der Waals surface area contributed by atoms with E-state index in [1.54, 1.807) is 18.2 Å². The molecule has 0 unspecified atom stereocenters. The summed E-state index contributed by atoms with van der Waals surface area (Å²) in [7, 11) is 0. The van der Waals surface area contributed by atoms with E-state index >= 15 is 0 Å². The Hall–Kier alpha value is -2.09. The normalized spacial score (nSPS) is 20.8. The number of furan rings is 1. The molecule has 0 saturated carbocycles. The molecule has 0 spiro atoms. The summed E-state index contributed by atoms with van der Waals surface area (Å²) in [5, 5.41) is 9.09. The molecule has 0 radical (unpaired) electrons. The van der Waals surface area contributed by atoms with Crippen molar-refractivity contribution in [3.63, 3.8) is 0 Å². The molecule has 0 bridgehead atoms. The minimum absolute atomic E-state index is 0.0282. The molecule has 0 saturated heterocycles. The second-order valence-electron chi connectivity index (χ2n) is 4.54. The number of nitrogens with one attached hydrogen (secondary N) is 2. The number of carbonyl (C=O) groups excluding carboxylic acids is 2. The molecule has 1 aliphatic carbocycles. The maximum absolute atomic E-state index is 12.0. The number of hydrazine groups is 1. The molecule has 1 aromatic rings. The summed E-state index contributed by atoms with van der Waals surface area (Å²) in [6.07, 6.45) is 4.12. The Kier molecular flexibility index (Phi) is 4.79. The standard InChI is InChI=1S/C13H13BrN2O5/c14-10-6-5-9(21-10)12(18)16-15-11(17)7-3-1-2-4-8(7)13(19)20/h1-2,5-8H,3-4H2,(H,15,17)(H,16,18)(H,19,20)/t7-,8-/m1/s1. The molecule has 1 aromatic heterocycles. The topological polar surface area (TPSA) is 109 Å². The van der Waals surface area contributed by atoms with E-state index in [0.717, 1.165) is 0 Å². The van der Waals surface area contributed by atoms with Crippen LogP contribution in [0.25, 0.3) is 0 Å². The van der Waals surface area contributed by atoms with Gasteiger partial charge in [-0.05, 0) is 40.9 Å². The van der Waals surface area contributed by atoms with E-state index in [1.807, 2.05) is 0 Å². The third-order valence-corrected chi connectivity index (χ3v) is 3.61. The molecule has 7 nitrogen and oxygen atoms in total. The lowest BCUT2D eigenvalue weighted by Crippen LogP contribution is -2.47. The number of carbonyl (C=O) groups is 3. The van der Waals surface area contributed by atoms with E-state index in [9.17, 15) is 14.4 Å². The van der Waals surface area contributed by atoms with Crippen LogP contribution in [0.2, 0.25) is 0 Å². The first-order valence-electron chi connectivity index (χ1n) is 6.22. The minimum Gasteiger partial charge on any atom is -0.481 e. The van der Waals surface area contributed by atoms with Crippen LogP contribution in [-0.2, 0) is 9.59 Å². The van der Waals surface area contributed by atoms with Gasteiger partial charge in [-0.2, -0.15) is 0 Å². The highest BCUT2D eigenvalue weighted by Crippen LogP contribution is 2.25. The highest BCUT2D eigenvalue weighted by atomic mass is 79.9. The first kappa shape index (κ1) is 15.3. The van der Waals surface area contributed by atoms with Gasteiger partial charge in [0.05, 0.1) is 11.8 Å². The van der Waals surface area contributed by atoms with Crippen molar-refractivity contribution in [2.75, 3.05) is 0 Å². The van der Waals surface area contributed by atoms with Crippen LogP contribution in [0.1, 0.15) is 23.4 Å². The Bertz CT molecular complexity index is 595. The summed E-state index contributed by atoms with van der Waals surface area (Å²) in [5.74, 6) is -3.65. The van der Waals surface area contributed by atoms with Gasteiger partial charge >= 0.3 is 11.9 Å². The van der Waals surface area contributed by atoms with Crippen LogP contribution >= 0.6 is 15.9 Å². The lowest BCUT2D eigenvalue weighted by molar-refractivity contribution is -0.147. The molecule has 21 heavy (non-hydrogen) atoms. The van der Waals surface area contributed by atoms with E-state index in [1.165, 1.54) is 6.07 Å². The summed E-state index contributed by atoms with van der Waals surface area (Å²) in [5.41, 5.74) is 4.43. The van der Waals surface area contributed by atoms with Crippen molar-refractivity contribution in [3.8, 4) is 0 Å². The molecule has 1 aliphatic rings. The van der Waals surface area contributed by atoms with Gasteiger partial charge in [-0.1, -0.05) is 12.2 Å². The van der Waals surface area contributed by atoms with Crippen LogP contribution in [0.15, 0.2) is 33.4 Å². The van der Waals surface area contributed by atoms with Crippen molar-refractivity contribution < 1.29 is 23.9 Å². The molecule has 112 valence electrons. The maximum atomic E-state index is 12.0. The molecule has 2 rings (SSSR count). The van der Waals surface area contributed by atoms with E-state index in [-0.39, 0.29) is 5.76 Å². The average Bonchev–Trinajstić information content (AvgIpc) is 2.91. The lowest BCUT2D eigenvalue weighted by Gasteiger charge is -2.24. The van der Waals surface area contributed by atoms with Crippen molar-refractivity contribution in [3.05, 3.63) is 34.7 Å². The molecule has 0 aromatic carbocycles. The number of amides is 2. The molecule has 1 heterocycles. The summed E-state index contributed by atoms with van der Waals surface area (Å²) >= 11 is 3.06. The molecule has 0 fully saturated rings. The van der Waals surface area contributed by atoms with Gasteiger partial charge in [-0.25, -0.2) is 0 Å². The van der Waals surface area contributed by atoms with Gasteiger partial charge in [0.1, 0.15) is 0 Å². The van der Waals surface area contributed by atoms with E-state index in [4.69, 9.17) is 9.52 Å². The fourth-order valence-electron chi connectivity index (χ4n) is 2.09. The summed E-state index contributed by atoms with van der Waals surface area (Å²) in [6, 6.07) is 2.98. The van der Waals surface area contributed by atoms with Crippen molar-refractivity contribution in [2.45, 2.75) is 12.8 Å². The summed E-state index contributed by atoms with van der Waals surface area (Å²) in [6.45, 7) is 0. The highest BCUT2D eigenvalue weighted by Gasteiger charge is 2.34. The van der Waals surface area contributed by atoms with Gasteiger partial charge < -0.3 is 9.52 Å². The van der Waals surface area contributed by atoms with Gasteiger partial charge in [0.15, 0.2) is 10.4 Å². The number of rotatable bonds is 3. The second-order valence-corrected chi connectivity index (χ2v) is 5.32. The van der Waals surface area contributed by atoms with Crippen LogP contribution in [0, 0.1) is 11.8 Å². The first-order chi connectivity index (χ1) is 9.99. The van der Waals surface area contributed by atoms with Gasteiger partial charge in [-0.15, -0.1) is 0 Å². The molecule has 3 N–H and O–H groups in total. The third-order valence-electron chi connectivity index (χ3n) is 3.18. The van der Waals surface area contributed by atoms with Crippen LogP contribution in [0.5, 0.6) is 0 Å². The number of hydrogen-bond donors (Lipinski definition) is 3. The number of carboxylic acid groups (broad SMARTS) is 1. The zero-order valence-corrected chi connectivity index (χ0v) is 12.4. The predicted molar refractivity (Wildman–Crippen MR) is 75.0 cm³/mol. The van der Waals surface area contributed by atoms with Crippen LogP contribution < -0.4 is 10.9 Å². The van der Waals surface area contributed by atoms with Crippen molar-refractivity contribution >= 4 is 33.7 Å². The monoisotopic (exact) mass is 356 g/mol. The molecule has 2 atom stereocenters. The zero-order valence-electron chi connectivity index (χ0n) is 10.8.